The van der Waals surface area contributed by atoms with Crippen LogP contribution in [0.5, 0.6) is 0 Å². The first kappa shape index (κ1) is 10.6. The minimum Gasteiger partial charge on any atom is -0.392 e. The predicted molar refractivity (Wildman–Crippen MR) is 56.2 cm³/mol. The van der Waals surface area contributed by atoms with E-state index in [1.165, 1.54) is 0 Å². The molecule has 2 rings (SSSR count). The molecule has 1 aromatic heterocycles. The van der Waals surface area contributed by atoms with Crippen molar-refractivity contribution in [1.29, 1.82) is 0 Å². The molecule has 0 amide bonds. The molecule has 0 radical (unpaired) electrons. The van der Waals surface area contributed by atoms with Crippen molar-refractivity contribution < 1.29 is 5.11 Å². The zero-order valence-corrected chi connectivity index (χ0v) is 9.22. The van der Waals surface area contributed by atoms with Gasteiger partial charge in [-0.25, -0.2) is 0 Å². The molecule has 15 heavy (non-hydrogen) atoms. The molecule has 1 saturated heterocycles. The molecule has 0 aromatic carbocycles. The van der Waals surface area contributed by atoms with E-state index in [0.29, 0.717) is 12.5 Å². The Labute approximate surface area is 89.5 Å². The number of hydrogen-bond donors (Lipinski definition) is 2. The van der Waals surface area contributed by atoms with E-state index < -0.39 is 0 Å². The average molecular weight is 210 g/mol. The molecule has 1 aromatic rings. The molecule has 1 fully saturated rings. The Morgan fingerprint density at radius 3 is 3.07 bits per heavy atom. The van der Waals surface area contributed by atoms with E-state index in [0.717, 1.165) is 18.8 Å². The first-order valence-electron chi connectivity index (χ1n) is 5.46. The molecule has 5 nitrogen and oxygen atoms in total. The molecule has 0 bridgehead atoms. The van der Waals surface area contributed by atoms with Crippen LogP contribution in [0.3, 0.4) is 0 Å². The van der Waals surface area contributed by atoms with Crippen molar-refractivity contribution in [2.75, 3.05) is 6.54 Å². The molecule has 1 aliphatic rings. The number of hydrogen-bond acceptors (Lipinski definition) is 4. The number of aliphatic hydroxyl groups excluding tert-OH is 1. The van der Waals surface area contributed by atoms with Crippen molar-refractivity contribution >= 4 is 0 Å². The van der Waals surface area contributed by atoms with Gasteiger partial charge < -0.3 is 15.0 Å². The second-order valence-corrected chi connectivity index (χ2v) is 4.59. The zero-order chi connectivity index (χ0) is 10.8. The summed E-state index contributed by atoms with van der Waals surface area (Å²) in [6.07, 6.45) is 2.25. The fourth-order valence-corrected chi connectivity index (χ4v) is 1.98. The van der Waals surface area contributed by atoms with Gasteiger partial charge in [-0.3, -0.25) is 0 Å². The summed E-state index contributed by atoms with van der Waals surface area (Å²) in [4.78, 5) is 0. The van der Waals surface area contributed by atoms with Crippen LogP contribution in [0, 0.1) is 5.92 Å². The lowest BCUT2D eigenvalue weighted by Gasteiger charge is -2.13. The second kappa shape index (κ2) is 4.28. The Morgan fingerprint density at radius 2 is 2.47 bits per heavy atom. The highest BCUT2D eigenvalue weighted by Gasteiger charge is 2.27. The van der Waals surface area contributed by atoms with E-state index in [2.05, 4.69) is 33.9 Å². The van der Waals surface area contributed by atoms with Crippen LogP contribution in [0.25, 0.3) is 0 Å². The van der Waals surface area contributed by atoms with Crippen molar-refractivity contribution in [3.8, 4) is 0 Å². The number of nitrogens with one attached hydrogen (secondary N) is 1. The maximum atomic E-state index is 9.45. The summed E-state index contributed by atoms with van der Waals surface area (Å²) in [6.45, 7) is 5.91. The highest BCUT2D eigenvalue weighted by molar-refractivity contribution is 4.99. The normalized spacial score (nSPS) is 26.4. The number of rotatable bonds is 3. The van der Waals surface area contributed by atoms with E-state index in [-0.39, 0.29) is 12.1 Å². The van der Waals surface area contributed by atoms with Crippen molar-refractivity contribution in [2.24, 2.45) is 5.92 Å². The van der Waals surface area contributed by atoms with E-state index in [9.17, 15) is 5.11 Å². The van der Waals surface area contributed by atoms with Gasteiger partial charge in [0, 0.05) is 13.1 Å². The molecule has 2 heterocycles. The van der Waals surface area contributed by atoms with Crippen LogP contribution < -0.4 is 5.32 Å². The van der Waals surface area contributed by atoms with Crippen LogP contribution >= 0.6 is 0 Å². The summed E-state index contributed by atoms with van der Waals surface area (Å²) in [5.74, 6) is 1.52. The third-order valence-electron chi connectivity index (χ3n) is 2.63. The molecule has 1 aliphatic heterocycles. The van der Waals surface area contributed by atoms with Gasteiger partial charge >= 0.3 is 0 Å². The largest absolute Gasteiger partial charge is 0.392 e. The van der Waals surface area contributed by atoms with Gasteiger partial charge in [0.15, 0.2) is 0 Å². The number of nitrogens with zero attached hydrogens (tertiary/aromatic N) is 3. The molecule has 2 N–H and O–H groups in total. The third-order valence-corrected chi connectivity index (χ3v) is 2.63. The van der Waals surface area contributed by atoms with Crippen LogP contribution in [0.15, 0.2) is 6.33 Å². The monoisotopic (exact) mass is 210 g/mol. The highest BCUT2D eigenvalue weighted by atomic mass is 16.3. The Balaban J connectivity index is 2.10. The van der Waals surface area contributed by atoms with Gasteiger partial charge in [0.25, 0.3) is 0 Å². The summed E-state index contributed by atoms with van der Waals surface area (Å²) in [6, 6.07) is 0.154. The molecule has 0 aliphatic carbocycles. The van der Waals surface area contributed by atoms with E-state index in [4.69, 9.17) is 0 Å². The SMILES string of the molecule is CC(C)Cn1cnnc1[C@H]1C[C@@H](O)CN1. The van der Waals surface area contributed by atoms with Crippen molar-refractivity contribution in [3.63, 3.8) is 0 Å². The summed E-state index contributed by atoms with van der Waals surface area (Å²) < 4.78 is 2.07. The predicted octanol–water partition coefficient (Wildman–Crippen LogP) is 0.329. The molecule has 84 valence electrons. The van der Waals surface area contributed by atoms with E-state index >= 15 is 0 Å². The Kier molecular flexibility index (Phi) is 3.02. The fourth-order valence-electron chi connectivity index (χ4n) is 1.98. The maximum absolute atomic E-state index is 9.45. The molecule has 0 spiro atoms. The molecule has 2 atom stereocenters. The summed E-state index contributed by atoms with van der Waals surface area (Å²) in [7, 11) is 0. The lowest BCUT2D eigenvalue weighted by Crippen LogP contribution is -2.19. The highest BCUT2D eigenvalue weighted by Crippen LogP contribution is 2.21. The smallest absolute Gasteiger partial charge is 0.150 e. The van der Waals surface area contributed by atoms with Gasteiger partial charge in [-0.2, -0.15) is 0 Å². The lowest BCUT2D eigenvalue weighted by atomic mass is 10.2. The van der Waals surface area contributed by atoms with Crippen molar-refractivity contribution in [1.82, 2.24) is 20.1 Å². The topological polar surface area (TPSA) is 63.0 Å². The molecule has 0 saturated carbocycles. The molecule has 5 heteroatoms. The number of aromatic nitrogens is 3. The minimum absolute atomic E-state index is 0.154. The number of β-amino-alcohol motifs (C(OH)–C–C–N with tert-alkyl or cyclic N) is 1. The van der Waals surface area contributed by atoms with Gasteiger partial charge in [0.1, 0.15) is 12.2 Å². The molecule has 0 unspecified atom stereocenters. The minimum atomic E-state index is -0.251. The van der Waals surface area contributed by atoms with Gasteiger partial charge in [-0.1, -0.05) is 13.8 Å². The van der Waals surface area contributed by atoms with Gasteiger partial charge in [0.2, 0.25) is 0 Å². The van der Waals surface area contributed by atoms with Crippen LogP contribution in [0.2, 0.25) is 0 Å². The van der Waals surface area contributed by atoms with Crippen LogP contribution in [-0.4, -0.2) is 32.5 Å². The average Bonchev–Trinajstić information content (AvgIpc) is 2.72. The van der Waals surface area contributed by atoms with Gasteiger partial charge in [0.05, 0.1) is 12.1 Å². The first-order chi connectivity index (χ1) is 7.16. The standard InChI is InChI=1S/C10H18N4O/c1-7(2)5-14-6-12-13-10(14)9-3-8(15)4-11-9/h6-9,11,15H,3-5H2,1-2H3/t8-,9-/m1/s1. The number of aliphatic hydroxyl groups is 1. The summed E-state index contributed by atoms with van der Waals surface area (Å²) in [5, 5.41) is 20.8. The zero-order valence-electron chi connectivity index (χ0n) is 9.22. The van der Waals surface area contributed by atoms with Crippen LogP contribution in [0.1, 0.15) is 32.1 Å². The quantitative estimate of drug-likeness (QED) is 0.754. The van der Waals surface area contributed by atoms with Gasteiger partial charge in [-0.05, 0) is 12.3 Å². The summed E-state index contributed by atoms with van der Waals surface area (Å²) in [5.41, 5.74) is 0. The van der Waals surface area contributed by atoms with E-state index in [1.54, 1.807) is 6.33 Å². The first-order valence-corrected chi connectivity index (χ1v) is 5.46. The lowest BCUT2D eigenvalue weighted by molar-refractivity contribution is 0.192. The second-order valence-electron chi connectivity index (χ2n) is 4.59. The van der Waals surface area contributed by atoms with Crippen molar-refractivity contribution in [2.45, 2.75) is 39.0 Å². The van der Waals surface area contributed by atoms with E-state index in [1.807, 2.05) is 0 Å². The molecular weight excluding hydrogens is 192 g/mol. The Hall–Kier alpha value is -0.940. The van der Waals surface area contributed by atoms with Gasteiger partial charge in [-0.15, -0.1) is 10.2 Å². The van der Waals surface area contributed by atoms with Crippen LogP contribution in [-0.2, 0) is 6.54 Å². The van der Waals surface area contributed by atoms with Crippen LogP contribution in [0.4, 0.5) is 0 Å². The summed E-state index contributed by atoms with van der Waals surface area (Å²) >= 11 is 0. The molecular formula is C10H18N4O. The maximum Gasteiger partial charge on any atom is 0.150 e. The third kappa shape index (κ3) is 2.35. The Morgan fingerprint density at radius 1 is 1.67 bits per heavy atom. The Bertz CT molecular complexity index is 323. The fraction of sp³-hybridized carbons (Fsp3) is 0.800. The van der Waals surface area contributed by atoms with Crippen molar-refractivity contribution in [3.05, 3.63) is 12.2 Å².